The highest BCUT2D eigenvalue weighted by molar-refractivity contribution is 5.91. The van der Waals surface area contributed by atoms with E-state index < -0.39 is 0 Å². The van der Waals surface area contributed by atoms with Crippen LogP contribution in [0.15, 0.2) is 39.5 Å². The van der Waals surface area contributed by atoms with Crippen LogP contribution < -0.4 is 5.32 Å². The summed E-state index contributed by atoms with van der Waals surface area (Å²) in [6, 6.07) is 7.84. The average molecular weight is 255 g/mol. The lowest BCUT2D eigenvalue weighted by Crippen LogP contribution is -2.54. The molecule has 0 bridgehead atoms. The zero-order valence-electron chi connectivity index (χ0n) is 10.5. The molecule has 0 saturated carbocycles. The smallest absolute Gasteiger partial charge is 0.235 e. The van der Waals surface area contributed by atoms with E-state index in [1.165, 1.54) is 0 Å². The Bertz CT molecular complexity index is 740. The van der Waals surface area contributed by atoms with Gasteiger partial charge in [0.1, 0.15) is 11.8 Å². The number of nitrogens with zero attached hydrogens (tertiary/aromatic N) is 2. The van der Waals surface area contributed by atoms with Crippen LogP contribution in [0.5, 0.6) is 0 Å². The van der Waals surface area contributed by atoms with Gasteiger partial charge in [-0.1, -0.05) is 23.4 Å². The number of fused-ring (bicyclic) bond motifs is 1. The van der Waals surface area contributed by atoms with Gasteiger partial charge >= 0.3 is 0 Å². The molecule has 1 saturated heterocycles. The summed E-state index contributed by atoms with van der Waals surface area (Å²) in [4.78, 5) is 4.52. The largest absolute Gasteiger partial charge is 0.464 e. The van der Waals surface area contributed by atoms with Crippen molar-refractivity contribution in [3.8, 4) is 11.4 Å². The number of hydrogen-bond donors (Lipinski definition) is 1. The summed E-state index contributed by atoms with van der Waals surface area (Å²) in [6.07, 6.45) is 1.68. The van der Waals surface area contributed by atoms with Crippen LogP contribution in [0.4, 0.5) is 0 Å². The Morgan fingerprint density at radius 2 is 2.11 bits per heavy atom. The van der Waals surface area contributed by atoms with Gasteiger partial charge in [0.2, 0.25) is 11.7 Å². The molecule has 3 heterocycles. The number of benzene rings is 1. The van der Waals surface area contributed by atoms with Gasteiger partial charge in [0, 0.05) is 18.5 Å². The van der Waals surface area contributed by atoms with E-state index in [1.807, 2.05) is 24.3 Å². The maximum absolute atomic E-state index is 5.50. The van der Waals surface area contributed by atoms with Crippen molar-refractivity contribution >= 4 is 11.0 Å². The first-order chi connectivity index (χ1) is 9.26. The van der Waals surface area contributed by atoms with E-state index in [0.29, 0.717) is 11.7 Å². The maximum Gasteiger partial charge on any atom is 0.235 e. The molecule has 0 unspecified atom stereocenters. The van der Waals surface area contributed by atoms with Crippen LogP contribution in [0.3, 0.4) is 0 Å². The molecule has 4 rings (SSSR count). The van der Waals surface area contributed by atoms with Gasteiger partial charge < -0.3 is 14.3 Å². The normalized spacial score (nSPS) is 17.5. The standard InChI is InChI=1S/C14H13N3O2/c1-14(7-15-8-14)13-16-12(17-19-13)10-6-18-11-5-3-2-4-9(10)11/h2-6,15H,7-8H2,1H3. The molecule has 0 amide bonds. The summed E-state index contributed by atoms with van der Waals surface area (Å²) in [5.74, 6) is 1.28. The Balaban J connectivity index is 1.80. The van der Waals surface area contributed by atoms with E-state index >= 15 is 0 Å². The average Bonchev–Trinajstić information content (AvgIpc) is 3.02. The maximum atomic E-state index is 5.50. The van der Waals surface area contributed by atoms with Crippen molar-refractivity contribution in [2.75, 3.05) is 13.1 Å². The lowest BCUT2D eigenvalue weighted by molar-refractivity contribution is 0.219. The van der Waals surface area contributed by atoms with Gasteiger partial charge in [-0.25, -0.2) is 0 Å². The summed E-state index contributed by atoms with van der Waals surface area (Å²) in [5.41, 5.74) is 1.67. The zero-order chi connectivity index (χ0) is 12.9. The Morgan fingerprint density at radius 3 is 2.89 bits per heavy atom. The van der Waals surface area contributed by atoms with Crippen LogP contribution in [-0.4, -0.2) is 23.2 Å². The predicted molar refractivity (Wildman–Crippen MR) is 69.7 cm³/mol. The lowest BCUT2D eigenvalue weighted by Gasteiger charge is -2.35. The molecule has 3 aromatic rings. The summed E-state index contributed by atoms with van der Waals surface area (Å²) >= 11 is 0. The van der Waals surface area contributed by atoms with Gasteiger partial charge in [-0.15, -0.1) is 0 Å². The van der Waals surface area contributed by atoms with Crippen molar-refractivity contribution in [3.05, 3.63) is 36.4 Å². The number of furan rings is 1. The van der Waals surface area contributed by atoms with Crippen LogP contribution in [0.2, 0.25) is 0 Å². The first kappa shape index (κ1) is 10.8. The van der Waals surface area contributed by atoms with Crippen LogP contribution in [0.1, 0.15) is 12.8 Å². The van der Waals surface area contributed by atoms with Gasteiger partial charge in [0.15, 0.2) is 0 Å². The molecule has 2 aromatic heterocycles. The number of aromatic nitrogens is 2. The molecule has 1 aliphatic heterocycles. The second kappa shape index (κ2) is 3.68. The Morgan fingerprint density at radius 1 is 1.26 bits per heavy atom. The van der Waals surface area contributed by atoms with Crippen molar-refractivity contribution in [2.24, 2.45) is 0 Å². The first-order valence-electron chi connectivity index (χ1n) is 6.28. The van der Waals surface area contributed by atoms with Gasteiger partial charge in [0.25, 0.3) is 0 Å². The van der Waals surface area contributed by atoms with Gasteiger partial charge in [-0.05, 0) is 13.0 Å². The second-order valence-corrected chi connectivity index (χ2v) is 5.23. The Hall–Kier alpha value is -2.14. The number of para-hydroxylation sites is 1. The minimum Gasteiger partial charge on any atom is -0.464 e. The number of nitrogens with one attached hydrogen (secondary N) is 1. The highest BCUT2D eigenvalue weighted by atomic mass is 16.5. The monoisotopic (exact) mass is 255 g/mol. The van der Waals surface area contributed by atoms with Crippen molar-refractivity contribution in [1.82, 2.24) is 15.5 Å². The van der Waals surface area contributed by atoms with E-state index in [4.69, 9.17) is 8.94 Å². The van der Waals surface area contributed by atoms with Crippen molar-refractivity contribution in [1.29, 1.82) is 0 Å². The molecule has 1 aromatic carbocycles. The fraction of sp³-hybridized carbons (Fsp3) is 0.286. The van der Waals surface area contributed by atoms with Crippen LogP contribution >= 0.6 is 0 Å². The summed E-state index contributed by atoms with van der Waals surface area (Å²) in [7, 11) is 0. The number of rotatable bonds is 2. The fourth-order valence-electron chi connectivity index (χ4n) is 2.38. The number of hydrogen-bond acceptors (Lipinski definition) is 5. The highest BCUT2D eigenvalue weighted by Crippen LogP contribution is 2.31. The zero-order valence-corrected chi connectivity index (χ0v) is 10.5. The molecule has 96 valence electrons. The minimum absolute atomic E-state index is 0.0369. The third kappa shape index (κ3) is 1.51. The van der Waals surface area contributed by atoms with Crippen LogP contribution in [-0.2, 0) is 5.41 Å². The molecule has 1 aliphatic rings. The molecular formula is C14H13N3O2. The second-order valence-electron chi connectivity index (χ2n) is 5.23. The van der Waals surface area contributed by atoms with E-state index in [-0.39, 0.29) is 5.41 Å². The first-order valence-corrected chi connectivity index (χ1v) is 6.28. The van der Waals surface area contributed by atoms with E-state index in [9.17, 15) is 0 Å². The topological polar surface area (TPSA) is 64.1 Å². The molecule has 1 fully saturated rings. The van der Waals surface area contributed by atoms with Gasteiger partial charge in [0.05, 0.1) is 11.0 Å². The Labute approximate surface area is 109 Å². The van der Waals surface area contributed by atoms with Gasteiger partial charge in [-0.2, -0.15) is 4.98 Å². The summed E-state index contributed by atoms with van der Waals surface area (Å²) in [5, 5.41) is 8.32. The lowest BCUT2D eigenvalue weighted by atomic mass is 9.84. The molecule has 0 aliphatic carbocycles. The molecule has 0 atom stereocenters. The quantitative estimate of drug-likeness (QED) is 0.761. The SMILES string of the molecule is CC1(c2nc(-c3coc4ccccc34)no2)CNC1. The summed E-state index contributed by atoms with van der Waals surface area (Å²) < 4.78 is 10.9. The minimum atomic E-state index is -0.0369. The van der Waals surface area contributed by atoms with E-state index in [0.717, 1.165) is 29.6 Å². The molecule has 1 N–H and O–H groups in total. The van der Waals surface area contributed by atoms with E-state index in [1.54, 1.807) is 6.26 Å². The fourth-order valence-corrected chi connectivity index (χ4v) is 2.38. The van der Waals surface area contributed by atoms with Gasteiger partial charge in [-0.3, -0.25) is 0 Å². The molecular weight excluding hydrogens is 242 g/mol. The van der Waals surface area contributed by atoms with Crippen LogP contribution in [0, 0.1) is 0 Å². The van der Waals surface area contributed by atoms with Crippen molar-refractivity contribution in [3.63, 3.8) is 0 Å². The predicted octanol–water partition coefficient (Wildman–Crippen LogP) is 2.34. The third-order valence-electron chi connectivity index (χ3n) is 3.69. The molecule has 0 spiro atoms. The Kier molecular flexibility index (Phi) is 2.08. The van der Waals surface area contributed by atoms with E-state index in [2.05, 4.69) is 22.4 Å². The molecule has 5 heteroatoms. The summed E-state index contributed by atoms with van der Waals surface area (Å²) in [6.45, 7) is 3.87. The van der Waals surface area contributed by atoms with Crippen molar-refractivity contribution < 1.29 is 8.94 Å². The molecule has 0 radical (unpaired) electrons. The molecule has 5 nitrogen and oxygen atoms in total. The molecule has 19 heavy (non-hydrogen) atoms. The highest BCUT2D eigenvalue weighted by Gasteiger charge is 2.39. The van der Waals surface area contributed by atoms with Crippen molar-refractivity contribution in [2.45, 2.75) is 12.3 Å². The third-order valence-corrected chi connectivity index (χ3v) is 3.69. The van der Waals surface area contributed by atoms with Crippen LogP contribution in [0.25, 0.3) is 22.4 Å².